The van der Waals surface area contributed by atoms with Gasteiger partial charge in [0.15, 0.2) is 0 Å². The van der Waals surface area contributed by atoms with Crippen LogP contribution in [0, 0.1) is 6.92 Å². The van der Waals surface area contributed by atoms with Gasteiger partial charge in [-0.25, -0.2) is 4.68 Å². The molecule has 15 heavy (non-hydrogen) atoms. The SMILES string of the molecule is Cc1ccccc1Cn1ncc(Cl)c1N. The first-order valence-corrected chi connectivity index (χ1v) is 5.07. The average molecular weight is 222 g/mol. The van der Waals surface area contributed by atoms with E-state index in [0.29, 0.717) is 17.4 Å². The van der Waals surface area contributed by atoms with Crippen molar-refractivity contribution in [3.63, 3.8) is 0 Å². The van der Waals surface area contributed by atoms with Crippen molar-refractivity contribution < 1.29 is 0 Å². The van der Waals surface area contributed by atoms with Gasteiger partial charge in [0.1, 0.15) is 10.8 Å². The zero-order valence-electron chi connectivity index (χ0n) is 8.44. The van der Waals surface area contributed by atoms with Crippen molar-refractivity contribution in [2.45, 2.75) is 13.5 Å². The van der Waals surface area contributed by atoms with Gasteiger partial charge < -0.3 is 5.73 Å². The van der Waals surface area contributed by atoms with Crippen LogP contribution in [0.2, 0.25) is 5.02 Å². The van der Waals surface area contributed by atoms with Crippen LogP contribution >= 0.6 is 11.6 Å². The Kier molecular flexibility index (Phi) is 2.64. The maximum Gasteiger partial charge on any atom is 0.140 e. The third-order valence-corrected chi connectivity index (χ3v) is 2.71. The molecule has 0 bridgehead atoms. The van der Waals surface area contributed by atoms with E-state index in [9.17, 15) is 0 Å². The number of aromatic nitrogens is 2. The Morgan fingerprint density at radius 3 is 2.73 bits per heavy atom. The van der Waals surface area contributed by atoms with Gasteiger partial charge in [-0.3, -0.25) is 0 Å². The summed E-state index contributed by atoms with van der Waals surface area (Å²) in [7, 11) is 0. The van der Waals surface area contributed by atoms with Crippen LogP contribution in [0.3, 0.4) is 0 Å². The molecule has 4 heteroatoms. The summed E-state index contributed by atoms with van der Waals surface area (Å²) in [5.41, 5.74) is 8.19. The lowest BCUT2D eigenvalue weighted by Crippen LogP contribution is -2.06. The molecule has 0 radical (unpaired) electrons. The van der Waals surface area contributed by atoms with Crippen molar-refractivity contribution in [3.05, 3.63) is 46.6 Å². The average Bonchev–Trinajstić information content (AvgIpc) is 2.53. The normalized spacial score (nSPS) is 10.5. The summed E-state index contributed by atoms with van der Waals surface area (Å²) in [6.45, 7) is 2.72. The second-order valence-electron chi connectivity index (χ2n) is 3.46. The molecule has 2 aromatic rings. The predicted octanol–water partition coefficient (Wildman–Crippen LogP) is 2.48. The highest BCUT2D eigenvalue weighted by Crippen LogP contribution is 2.18. The fraction of sp³-hybridized carbons (Fsp3) is 0.182. The van der Waals surface area contributed by atoms with Crippen molar-refractivity contribution in [1.82, 2.24) is 9.78 Å². The standard InChI is InChI=1S/C11H12ClN3/c1-8-4-2-3-5-9(8)7-15-11(13)10(12)6-14-15/h2-6H,7,13H2,1H3. The Bertz CT molecular complexity index is 476. The molecule has 2 N–H and O–H groups in total. The number of hydrogen-bond acceptors (Lipinski definition) is 2. The molecule has 1 aromatic carbocycles. The molecule has 0 aliphatic carbocycles. The number of nitrogen functional groups attached to an aromatic ring is 1. The fourth-order valence-corrected chi connectivity index (χ4v) is 1.59. The van der Waals surface area contributed by atoms with E-state index >= 15 is 0 Å². The van der Waals surface area contributed by atoms with Crippen molar-refractivity contribution in [3.8, 4) is 0 Å². The minimum Gasteiger partial charge on any atom is -0.383 e. The van der Waals surface area contributed by atoms with Crippen LogP contribution in [0.5, 0.6) is 0 Å². The zero-order chi connectivity index (χ0) is 10.8. The number of rotatable bonds is 2. The van der Waals surface area contributed by atoms with Crippen molar-refractivity contribution in [2.24, 2.45) is 0 Å². The summed E-state index contributed by atoms with van der Waals surface area (Å²) < 4.78 is 1.70. The van der Waals surface area contributed by atoms with E-state index in [4.69, 9.17) is 17.3 Å². The Balaban J connectivity index is 2.30. The molecule has 0 fully saturated rings. The molecule has 0 saturated carbocycles. The van der Waals surface area contributed by atoms with Gasteiger partial charge in [-0.05, 0) is 18.1 Å². The minimum atomic E-state index is 0.503. The van der Waals surface area contributed by atoms with E-state index in [1.807, 2.05) is 12.1 Å². The lowest BCUT2D eigenvalue weighted by Gasteiger charge is -2.07. The highest BCUT2D eigenvalue weighted by molar-refractivity contribution is 6.32. The highest BCUT2D eigenvalue weighted by atomic mass is 35.5. The lowest BCUT2D eigenvalue weighted by molar-refractivity contribution is 0.694. The molecule has 1 heterocycles. The predicted molar refractivity (Wildman–Crippen MR) is 61.9 cm³/mol. The summed E-state index contributed by atoms with van der Waals surface area (Å²) in [4.78, 5) is 0. The van der Waals surface area contributed by atoms with Crippen molar-refractivity contribution in [2.75, 3.05) is 5.73 Å². The van der Waals surface area contributed by atoms with Crippen molar-refractivity contribution in [1.29, 1.82) is 0 Å². The lowest BCUT2D eigenvalue weighted by atomic mass is 10.1. The second-order valence-corrected chi connectivity index (χ2v) is 3.87. The summed E-state index contributed by atoms with van der Waals surface area (Å²) in [5, 5.41) is 4.61. The number of anilines is 1. The number of halogens is 1. The molecule has 0 amide bonds. The monoisotopic (exact) mass is 221 g/mol. The molecule has 0 aliphatic rings. The molecular weight excluding hydrogens is 210 g/mol. The molecule has 0 saturated heterocycles. The van der Waals surface area contributed by atoms with E-state index in [1.165, 1.54) is 11.1 Å². The van der Waals surface area contributed by atoms with Gasteiger partial charge in [0, 0.05) is 0 Å². The third kappa shape index (κ3) is 1.97. The van der Waals surface area contributed by atoms with Gasteiger partial charge >= 0.3 is 0 Å². The van der Waals surface area contributed by atoms with Crippen LogP contribution < -0.4 is 5.73 Å². The molecular formula is C11H12ClN3. The number of hydrogen-bond donors (Lipinski definition) is 1. The highest BCUT2D eigenvalue weighted by Gasteiger charge is 2.06. The first kappa shape index (κ1) is 10.1. The van der Waals surface area contributed by atoms with Crippen LogP contribution in [0.1, 0.15) is 11.1 Å². The van der Waals surface area contributed by atoms with Gasteiger partial charge in [0.25, 0.3) is 0 Å². The quantitative estimate of drug-likeness (QED) is 0.847. The number of nitrogens with zero attached hydrogens (tertiary/aromatic N) is 2. The Morgan fingerprint density at radius 1 is 1.40 bits per heavy atom. The Labute approximate surface area is 93.5 Å². The van der Waals surface area contributed by atoms with Gasteiger partial charge in [0.05, 0.1) is 12.7 Å². The zero-order valence-corrected chi connectivity index (χ0v) is 9.20. The van der Waals surface area contributed by atoms with Gasteiger partial charge in [-0.15, -0.1) is 0 Å². The molecule has 0 unspecified atom stereocenters. The van der Waals surface area contributed by atoms with E-state index in [1.54, 1.807) is 10.9 Å². The van der Waals surface area contributed by atoms with Gasteiger partial charge in [0.2, 0.25) is 0 Å². The van der Waals surface area contributed by atoms with Crippen LogP contribution in [-0.2, 0) is 6.54 Å². The molecule has 0 atom stereocenters. The van der Waals surface area contributed by atoms with E-state index < -0.39 is 0 Å². The Morgan fingerprint density at radius 2 is 2.13 bits per heavy atom. The number of nitrogens with two attached hydrogens (primary N) is 1. The molecule has 3 nitrogen and oxygen atoms in total. The summed E-state index contributed by atoms with van der Waals surface area (Å²) in [6, 6.07) is 8.14. The van der Waals surface area contributed by atoms with Crippen LogP contribution in [-0.4, -0.2) is 9.78 Å². The van der Waals surface area contributed by atoms with Crippen LogP contribution in [0.4, 0.5) is 5.82 Å². The molecule has 0 spiro atoms. The number of aryl methyl sites for hydroxylation is 1. The topological polar surface area (TPSA) is 43.8 Å². The minimum absolute atomic E-state index is 0.503. The fourth-order valence-electron chi connectivity index (χ4n) is 1.45. The maximum absolute atomic E-state index is 5.83. The van der Waals surface area contributed by atoms with Crippen LogP contribution in [0.25, 0.3) is 0 Å². The molecule has 2 rings (SSSR count). The van der Waals surface area contributed by atoms with E-state index in [0.717, 1.165) is 0 Å². The van der Waals surface area contributed by atoms with Crippen LogP contribution in [0.15, 0.2) is 30.5 Å². The maximum atomic E-state index is 5.83. The Hall–Kier alpha value is -1.48. The first-order chi connectivity index (χ1) is 7.18. The molecule has 1 aromatic heterocycles. The third-order valence-electron chi connectivity index (χ3n) is 2.41. The van der Waals surface area contributed by atoms with Crippen molar-refractivity contribution >= 4 is 17.4 Å². The van der Waals surface area contributed by atoms with Gasteiger partial charge in [-0.2, -0.15) is 5.10 Å². The molecule has 78 valence electrons. The van der Waals surface area contributed by atoms with E-state index in [-0.39, 0.29) is 0 Å². The number of benzene rings is 1. The largest absolute Gasteiger partial charge is 0.383 e. The second kappa shape index (κ2) is 3.95. The smallest absolute Gasteiger partial charge is 0.140 e. The van der Waals surface area contributed by atoms with E-state index in [2.05, 4.69) is 24.2 Å². The summed E-state index contributed by atoms with van der Waals surface area (Å²) in [5.74, 6) is 0.514. The molecule has 0 aliphatic heterocycles. The summed E-state index contributed by atoms with van der Waals surface area (Å²) >= 11 is 5.83. The first-order valence-electron chi connectivity index (χ1n) is 4.70. The summed E-state index contributed by atoms with van der Waals surface area (Å²) in [6.07, 6.45) is 1.56. The van der Waals surface area contributed by atoms with Gasteiger partial charge in [-0.1, -0.05) is 35.9 Å².